The number of phenols is 1. The molecule has 2 N–H and O–H groups in total. The Morgan fingerprint density at radius 2 is 2.00 bits per heavy atom. The number of nitrogens with zero attached hydrogens (tertiary/aromatic N) is 4. The van der Waals surface area contributed by atoms with Gasteiger partial charge in [-0.2, -0.15) is 10.2 Å². The van der Waals surface area contributed by atoms with Crippen molar-refractivity contribution in [3.63, 3.8) is 0 Å². The standard InChI is InChI=1S/C18H14BrN5O4/c19-14-7-5-12(6-8-14)10-23-11-15(24(27)28)17(22-23)18(26)21-20-9-13-3-1-2-4-16(13)25/h1-9,11,25H,10H2,(H,21,26)/b20-9+. The third-order valence-corrected chi connectivity index (χ3v) is 4.25. The van der Waals surface area contributed by atoms with Crippen molar-refractivity contribution in [2.24, 2.45) is 5.10 Å². The van der Waals surface area contributed by atoms with Crippen LogP contribution in [0, 0.1) is 10.1 Å². The average molecular weight is 444 g/mol. The lowest BCUT2D eigenvalue weighted by molar-refractivity contribution is -0.385. The number of rotatable bonds is 6. The molecule has 10 heteroatoms. The van der Waals surface area contributed by atoms with Crippen molar-refractivity contribution in [2.75, 3.05) is 0 Å². The Kier molecular flexibility index (Phi) is 5.80. The highest BCUT2D eigenvalue weighted by Crippen LogP contribution is 2.18. The van der Waals surface area contributed by atoms with Crippen LogP contribution in [0.1, 0.15) is 21.6 Å². The molecular formula is C18H14BrN5O4. The number of amides is 1. The first-order valence-electron chi connectivity index (χ1n) is 8.01. The minimum atomic E-state index is -0.826. The zero-order valence-electron chi connectivity index (χ0n) is 14.3. The van der Waals surface area contributed by atoms with Gasteiger partial charge in [0.05, 0.1) is 17.7 Å². The molecule has 0 aliphatic rings. The van der Waals surface area contributed by atoms with Crippen LogP contribution in [-0.4, -0.2) is 31.9 Å². The second-order valence-electron chi connectivity index (χ2n) is 5.70. The number of benzene rings is 2. The zero-order chi connectivity index (χ0) is 20.1. The van der Waals surface area contributed by atoms with Crippen LogP contribution >= 0.6 is 15.9 Å². The van der Waals surface area contributed by atoms with E-state index in [-0.39, 0.29) is 18.0 Å². The fourth-order valence-electron chi connectivity index (χ4n) is 2.37. The van der Waals surface area contributed by atoms with Gasteiger partial charge in [0.25, 0.3) is 5.91 Å². The maximum Gasteiger partial charge on any atom is 0.320 e. The molecule has 0 saturated carbocycles. The Bertz CT molecular complexity index is 1050. The molecule has 28 heavy (non-hydrogen) atoms. The number of carbonyl (C=O) groups excluding carboxylic acids is 1. The summed E-state index contributed by atoms with van der Waals surface area (Å²) in [6.07, 6.45) is 2.43. The lowest BCUT2D eigenvalue weighted by Crippen LogP contribution is -2.19. The molecule has 1 heterocycles. The number of para-hydroxylation sites is 1. The summed E-state index contributed by atoms with van der Waals surface area (Å²) >= 11 is 3.34. The predicted octanol–water partition coefficient (Wildman–Crippen LogP) is 3.07. The molecule has 0 radical (unpaired) electrons. The summed E-state index contributed by atoms with van der Waals surface area (Å²) in [6.45, 7) is 0.266. The predicted molar refractivity (Wildman–Crippen MR) is 105 cm³/mol. The molecule has 3 aromatic rings. The molecule has 1 aromatic heterocycles. The van der Waals surface area contributed by atoms with Crippen LogP contribution in [0.15, 0.2) is 64.3 Å². The molecule has 2 aromatic carbocycles. The number of phenolic OH excluding ortho intramolecular Hbond substituents is 1. The van der Waals surface area contributed by atoms with E-state index in [1.54, 1.807) is 18.2 Å². The van der Waals surface area contributed by atoms with Gasteiger partial charge in [-0.05, 0) is 29.8 Å². The Labute approximate surface area is 167 Å². The average Bonchev–Trinajstić information content (AvgIpc) is 3.09. The molecule has 0 aliphatic heterocycles. The fourth-order valence-corrected chi connectivity index (χ4v) is 2.64. The third-order valence-electron chi connectivity index (χ3n) is 3.72. The van der Waals surface area contributed by atoms with E-state index in [0.29, 0.717) is 5.56 Å². The van der Waals surface area contributed by atoms with E-state index in [1.807, 2.05) is 24.3 Å². The Morgan fingerprint density at radius 1 is 1.29 bits per heavy atom. The van der Waals surface area contributed by atoms with Gasteiger partial charge in [-0.3, -0.25) is 19.6 Å². The number of aromatic hydroxyl groups is 1. The van der Waals surface area contributed by atoms with Crippen molar-refractivity contribution in [3.05, 3.63) is 86.1 Å². The van der Waals surface area contributed by atoms with Crippen LogP contribution < -0.4 is 5.43 Å². The van der Waals surface area contributed by atoms with E-state index >= 15 is 0 Å². The molecule has 0 bridgehead atoms. The number of hydrogen-bond acceptors (Lipinski definition) is 6. The summed E-state index contributed by atoms with van der Waals surface area (Å²) in [5.74, 6) is -0.835. The molecule has 3 rings (SSSR count). The van der Waals surface area contributed by atoms with Crippen molar-refractivity contribution in [3.8, 4) is 5.75 Å². The van der Waals surface area contributed by atoms with E-state index in [2.05, 4.69) is 31.6 Å². The lowest BCUT2D eigenvalue weighted by Gasteiger charge is -2.01. The van der Waals surface area contributed by atoms with Gasteiger partial charge in [-0.1, -0.05) is 40.2 Å². The number of aromatic nitrogens is 2. The SMILES string of the molecule is O=C(N/N=C/c1ccccc1O)c1nn(Cc2ccc(Br)cc2)cc1[N+](=O)[O-]. The first-order valence-corrected chi connectivity index (χ1v) is 8.81. The highest BCUT2D eigenvalue weighted by Gasteiger charge is 2.25. The smallest absolute Gasteiger partial charge is 0.320 e. The number of halogens is 1. The number of hydrazone groups is 1. The van der Waals surface area contributed by atoms with Gasteiger partial charge in [-0.15, -0.1) is 0 Å². The van der Waals surface area contributed by atoms with Gasteiger partial charge in [0, 0.05) is 10.0 Å². The van der Waals surface area contributed by atoms with Gasteiger partial charge < -0.3 is 5.11 Å². The van der Waals surface area contributed by atoms with Crippen LogP contribution in [0.25, 0.3) is 0 Å². The number of nitro groups is 1. The lowest BCUT2D eigenvalue weighted by atomic mass is 10.2. The second-order valence-corrected chi connectivity index (χ2v) is 6.62. The van der Waals surface area contributed by atoms with Gasteiger partial charge in [0.15, 0.2) is 0 Å². The van der Waals surface area contributed by atoms with Gasteiger partial charge in [0.1, 0.15) is 11.9 Å². The van der Waals surface area contributed by atoms with E-state index in [1.165, 1.54) is 23.2 Å². The fraction of sp³-hybridized carbons (Fsp3) is 0.0556. The van der Waals surface area contributed by atoms with Crippen LogP contribution in [-0.2, 0) is 6.54 Å². The largest absolute Gasteiger partial charge is 0.507 e. The quantitative estimate of drug-likeness (QED) is 0.344. The van der Waals surface area contributed by atoms with Crippen LogP contribution in [0.3, 0.4) is 0 Å². The van der Waals surface area contributed by atoms with Crippen LogP contribution in [0.4, 0.5) is 5.69 Å². The molecule has 1 amide bonds. The third kappa shape index (κ3) is 4.60. The summed E-state index contributed by atoms with van der Waals surface area (Å²) in [5, 5.41) is 28.7. The maximum absolute atomic E-state index is 12.3. The first-order chi connectivity index (χ1) is 13.4. The zero-order valence-corrected chi connectivity index (χ0v) is 15.9. The van der Waals surface area contributed by atoms with Crippen molar-refractivity contribution in [1.29, 1.82) is 0 Å². The number of hydrogen-bond donors (Lipinski definition) is 2. The Balaban J connectivity index is 1.77. The maximum atomic E-state index is 12.3. The minimum Gasteiger partial charge on any atom is -0.507 e. The van der Waals surface area contributed by atoms with Gasteiger partial charge in [-0.25, -0.2) is 5.43 Å². The molecule has 0 saturated heterocycles. The number of nitrogens with one attached hydrogen (secondary N) is 1. The van der Waals surface area contributed by atoms with Gasteiger partial charge >= 0.3 is 5.69 Å². The molecule has 0 aliphatic carbocycles. The van der Waals surface area contributed by atoms with E-state index < -0.39 is 16.5 Å². The van der Waals surface area contributed by atoms with Crippen molar-refractivity contribution >= 4 is 33.7 Å². The van der Waals surface area contributed by atoms with Crippen LogP contribution in [0.2, 0.25) is 0 Å². The highest BCUT2D eigenvalue weighted by atomic mass is 79.9. The van der Waals surface area contributed by atoms with E-state index in [0.717, 1.165) is 10.0 Å². The summed E-state index contributed by atoms with van der Waals surface area (Å²) in [7, 11) is 0. The van der Waals surface area contributed by atoms with Crippen molar-refractivity contribution in [2.45, 2.75) is 6.54 Å². The molecular weight excluding hydrogens is 430 g/mol. The van der Waals surface area contributed by atoms with E-state index in [9.17, 15) is 20.0 Å². The molecule has 0 spiro atoms. The van der Waals surface area contributed by atoms with E-state index in [4.69, 9.17) is 0 Å². The molecule has 0 unspecified atom stereocenters. The topological polar surface area (TPSA) is 123 Å². The number of carbonyl (C=O) groups is 1. The second kappa shape index (κ2) is 8.44. The van der Waals surface area contributed by atoms with Crippen molar-refractivity contribution in [1.82, 2.24) is 15.2 Å². The Morgan fingerprint density at radius 3 is 2.68 bits per heavy atom. The summed E-state index contributed by atoms with van der Waals surface area (Å²) in [4.78, 5) is 22.9. The minimum absolute atomic E-state index is 0.00902. The molecule has 0 fully saturated rings. The summed E-state index contributed by atoms with van der Waals surface area (Å²) < 4.78 is 2.23. The molecule has 0 atom stereocenters. The molecule has 142 valence electrons. The summed E-state index contributed by atoms with van der Waals surface area (Å²) in [5.41, 5.74) is 2.67. The first kappa shape index (κ1) is 19.2. The summed E-state index contributed by atoms with van der Waals surface area (Å²) in [6, 6.07) is 13.8. The van der Waals surface area contributed by atoms with Gasteiger partial charge in [0.2, 0.25) is 5.69 Å². The van der Waals surface area contributed by atoms with Crippen LogP contribution in [0.5, 0.6) is 5.75 Å². The molecule has 9 nitrogen and oxygen atoms in total. The normalized spacial score (nSPS) is 10.9. The highest BCUT2D eigenvalue weighted by molar-refractivity contribution is 9.10. The van der Waals surface area contributed by atoms with Crippen molar-refractivity contribution < 1.29 is 14.8 Å². The monoisotopic (exact) mass is 443 g/mol. The Hall–Kier alpha value is -3.53.